The highest BCUT2D eigenvalue weighted by Gasteiger charge is 2.24. The van der Waals surface area contributed by atoms with Crippen molar-refractivity contribution >= 4 is 39.7 Å². The van der Waals surface area contributed by atoms with Gasteiger partial charge >= 0.3 is 0 Å². The van der Waals surface area contributed by atoms with E-state index in [0.29, 0.717) is 6.04 Å². The number of nitrogens with zero attached hydrogens (tertiary/aromatic N) is 2. The molecule has 4 rings (SSSR count). The molecule has 2 N–H and O–H groups in total. The quantitative estimate of drug-likeness (QED) is 0.556. The SMILES string of the molecule is CC(C)(C)NC1CCN(c2cc(Nc3ccc(Cl)cc3)nc3ccccc23)CC1. The van der Waals surface area contributed by atoms with E-state index in [9.17, 15) is 0 Å². The summed E-state index contributed by atoms with van der Waals surface area (Å²) in [6.45, 7) is 8.81. The van der Waals surface area contributed by atoms with E-state index in [1.807, 2.05) is 30.3 Å². The van der Waals surface area contributed by atoms with Crippen LogP contribution in [0, 0.1) is 0 Å². The van der Waals surface area contributed by atoms with Crippen LogP contribution < -0.4 is 15.5 Å². The molecule has 2 aromatic carbocycles. The maximum absolute atomic E-state index is 6.02. The van der Waals surface area contributed by atoms with Crippen LogP contribution in [0.15, 0.2) is 54.6 Å². The zero-order valence-electron chi connectivity index (χ0n) is 17.4. The highest BCUT2D eigenvalue weighted by atomic mass is 35.5. The van der Waals surface area contributed by atoms with Gasteiger partial charge in [0.2, 0.25) is 0 Å². The molecule has 152 valence electrons. The van der Waals surface area contributed by atoms with Crippen molar-refractivity contribution in [3.8, 4) is 0 Å². The van der Waals surface area contributed by atoms with Crippen molar-refractivity contribution in [2.24, 2.45) is 0 Å². The van der Waals surface area contributed by atoms with Crippen LogP contribution >= 0.6 is 11.6 Å². The summed E-state index contributed by atoms with van der Waals surface area (Å²) in [5.41, 5.74) is 3.40. The molecular formula is C24H29ClN4. The normalized spacial score (nSPS) is 15.7. The van der Waals surface area contributed by atoms with Crippen molar-refractivity contribution in [2.45, 2.75) is 45.2 Å². The monoisotopic (exact) mass is 408 g/mol. The fourth-order valence-electron chi connectivity index (χ4n) is 4.04. The number of hydrogen-bond donors (Lipinski definition) is 2. The molecule has 1 aromatic heterocycles. The average Bonchev–Trinajstić information content (AvgIpc) is 2.69. The number of pyridine rings is 1. The van der Waals surface area contributed by atoms with Gasteiger partial charge < -0.3 is 15.5 Å². The molecule has 5 heteroatoms. The number of benzene rings is 2. The molecule has 0 amide bonds. The zero-order chi connectivity index (χ0) is 20.4. The molecule has 1 aliphatic heterocycles. The predicted molar refractivity (Wildman–Crippen MR) is 125 cm³/mol. The third kappa shape index (κ3) is 5.01. The van der Waals surface area contributed by atoms with Crippen molar-refractivity contribution < 1.29 is 0 Å². The molecule has 3 aromatic rings. The van der Waals surface area contributed by atoms with Crippen LogP contribution in [0.25, 0.3) is 10.9 Å². The van der Waals surface area contributed by atoms with Crippen molar-refractivity contribution in [2.75, 3.05) is 23.3 Å². The van der Waals surface area contributed by atoms with Crippen molar-refractivity contribution in [1.82, 2.24) is 10.3 Å². The first-order valence-electron chi connectivity index (χ1n) is 10.3. The number of hydrogen-bond acceptors (Lipinski definition) is 4. The average molecular weight is 409 g/mol. The topological polar surface area (TPSA) is 40.2 Å². The highest BCUT2D eigenvalue weighted by Crippen LogP contribution is 2.32. The Balaban J connectivity index is 1.59. The van der Waals surface area contributed by atoms with Crippen LogP contribution in [0.2, 0.25) is 5.02 Å². The van der Waals surface area contributed by atoms with Gasteiger partial charge in [0.15, 0.2) is 0 Å². The third-order valence-electron chi connectivity index (χ3n) is 5.28. The lowest BCUT2D eigenvalue weighted by atomic mass is 9.99. The summed E-state index contributed by atoms with van der Waals surface area (Å²) in [7, 11) is 0. The van der Waals surface area contributed by atoms with E-state index in [4.69, 9.17) is 16.6 Å². The molecule has 0 aliphatic carbocycles. The minimum absolute atomic E-state index is 0.159. The number of para-hydroxylation sites is 1. The number of halogens is 1. The lowest BCUT2D eigenvalue weighted by Crippen LogP contribution is -2.49. The van der Waals surface area contributed by atoms with E-state index in [-0.39, 0.29) is 5.54 Å². The Hall–Kier alpha value is -2.30. The van der Waals surface area contributed by atoms with E-state index in [1.54, 1.807) is 0 Å². The molecule has 4 nitrogen and oxygen atoms in total. The first-order valence-corrected chi connectivity index (χ1v) is 10.7. The van der Waals surface area contributed by atoms with Gasteiger partial charge in [-0.15, -0.1) is 0 Å². The Morgan fingerprint density at radius 1 is 1.00 bits per heavy atom. The third-order valence-corrected chi connectivity index (χ3v) is 5.54. The summed E-state index contributed by atoms with van der Waals surface area (Å²) >= 11 is 6.02. The zero-order valence-corrected chi connectivity index (χ0v) is 18.1. The summed E-state index contributed by atoms with van der Waals surface area (Å²) in [5, 5.41) is 9.12. The number of nitrogens with one attached hydrogen (secondary N) is 2. The highest BCUT2D eigenvalue weighted by molar-refractivity contribution is 6.30. The van der Waals surface area contributed by atoms with Crippen LogP contribution in [0.3, 0.4) is 0 Å². The van der Waals surface area contributed by atoms with E-state index in [1.165, 1.54) is 11.1 Å². The maximum atomic E-state index is 6.02. The fourth-order valence-corrected chi connectivity index (χ4v) is 4.17. The molecule has 1 saturated heterocycles. The van der Waals surface area contributed by atoms with Crippen LogP contribution in [0.4, 0.5) is 17.2 Å². The number of piperidine rings is 1. The second-order valence-electron chi connectivity index (χ2n) is 8.83. The minimum Gasteiger partial charge on any atom is -0.371 e. The Bertz CT molecular complexity index is 970. The number of anilines is 3. The molecule has 0 atom stereocenters. The summed E-state index contributed by atoms with van der Waals surface area (Å²) in [6, 6.07) is 18.9. The summed E-state index contributed by atoms with van der Waals surface area (Å²) in [6.07, 6.45) is 2.29. The summed E-state index contributed by atoms with van der Waals surface area (Å²) in [5.74, 6) is 0.857. The first kappa shape index (κ1) is 20.0. The molecule has 1 aliphatic rings. The molecule has 1 fully saturated rings. The van der Waals surface area contributed by atoms with Crippen LogP contribution in [-0.4, -0.2) is 29.7 Å². The van der Waals surface area contributed by atoms with Crippen molar-refractivity contribution in [3.63, 3.8) is 0 Å². The molecule has 29 heavy (non-hydrogen) atoms. The Morgan fingerprint density at radius 3 is 2.38 bits per heavy atom. The van der Waals surface area contributed by atoms with E-state index in [0.717, 1.165) is 48.0 Å². The molecule has 2 heterocycles. The number of fused-ring (bicyclic) bond motifs is 1. The van der Waals surface area contributed by atoms with Gasteiger partial charge in [0.05, 0.1) is 5.52 Å². The van der Waals surface area contributed by atoms with E-state index >= 15 is 0 Å². The van der Waals surface area contributed by atoms with Gasteiger partial charge in [0, 0.05) is 52.5 Å². The molecule has 0 spiro atoms. The summed E-state index contributed by atoms with van der Waals surface area (Å²) < 4.78 is 0. The smallest absolute Gasteiger partial charge is 0.133 e. The second kappa shape index (κ2) is 8.21. The first-order chi connectivity index (χ1) is 13.9. The largest absolute Gasteiger partial charge is 0.371 e. The van der Waals surface area contributed by atoms with Crippen LogP contribution in [0.1, 0.15) is 33.6 Å². The van der Waals surface area contributed by atoms with E-state index in [2.05, 4.69) is 60.6 Å². The molecule has 0 radical (unpaired) electrons. The van der Waals surface area contributed by atoms with Gasteiger partial charge in [-0.05, 0) is 63.9 Å². The standard InChI is InChI=1S/C24H29ClN4/c1-24(2,3)28-19-12-14-29(15-13-19)22-16-23(26-18-10-8-17(25)9-11-18)27-21-7-5-4-6-20(21)22/h4-11,16,19,28H,12-15H2,1-3H3,(H,26,27). The van der Waals surface area contributed by atoms with Crippen LogP contribution in [0.5, 0.6) is 0 Å². The fraction of sp³-hybridized carbons (Fsp3) is 0.375. The lowest BCUT2D eigenvalue weighted by Gasteiger charge is -2.37. The van der Waals surface area contributed by atoms with Gasteiger partial charge in [0.1, 0.15) is 5.82 Å². The van der Waals surface area contributed by atoms with Gasteiger partial charge in [0.25, 0.3) is 0 Å². The molecule has 0 saturated carbocycles. The Kier molecular flexibility index (Phi) is 5.66. The summed E-state index contributed by atoms with van der Waals surface area (Å²) in [4.78, 5) is 7.33. The van der Waals surface area contributed by atoms with Gasteiger partial charge in [-0.2, -0.15) is 0 Å². The van der Waals surface area contributed by atoms with Crippen molar-refractivity contribution in [1.29, 1.82) is 0 Å². The number of aromatic nitrogens is 1. The van der Waals surface area contributed by atoms with Gasteiger partial charge in [-0.25, -0.2) is 4.98 Å². The van der Waals surface area contributed by atoms with Crippen molar-refractivity contribution in [3.05, 3.63) is 59.6 Å². The number of rotatable bonds is 4. The molecule has 0 unspecified atom stereocenters. The second-order valence-corrected chi connectivity index (χ2v) is 9.27. The maximum Gasteiger partial charge on any atom is 0.133 e. The van der Waals surface area contributed by atoms with Crippen LogP contribution in [-0.2, 0) is 0 Å². The predicted octanol–water partition coefficient (Wildman–Crippen LogP) is 5.99. The van der Waals surface area contributed by atoms with E-state index < -0.39 is 0 Å². The van der Waals surface area contributed by atoms with Gasteiger partial charge in [-0.1, -0.05) is 29.8 Å². The minimum atomic E-state index is 0.159. The Morgan fingerprint density at radius 2 is 1.69 bits per heavy atom. The van der Waals surface area contributed by atoms with Gasteiger partial charge in [-0.3, -0.25) is 0 Å². The molecular weight excluding hydrogens is 380 g/mol. The Labute approximate surface area is 178 Å². The molecule has 0 bridgehead atoms. The lowest BCUT2D eigenvalue weighted by molar-refractivity contribution is 0.317.